The lowest BCUT2D eigenvalue weighted by Crippen LogP contribution is -2.25. The van der Waals surface area contributed by atoms with E-state index in [1.54, 1.807) is 22.7 Å². The molecule has 2 aliphatic rings. The van der Waals surface area contributed by atoms with Crippen LogP contribution < -0.4 is 5.32 Å². The van der Waals surface area contributed by atoms with Crippen molar-refractivity contribution in [3.63, 3.8) is 0 Å². The van der Waals surface area contributed by atoms with Crippen LogP contribution in [0.4, 0.5) is 0 Å². The van der Waals surface area contributed by atoms with Gasteiger partial charge in [-0.15, -0.1) is 43.1 Å². The number of aliphatic imine (C=N–C) groups is 2. The number of nitrogens with zero attached hydrogens (tertiary/aromatic N) is 8. The van der Waals surface area contributed by atoms with Crippen molar-refractivity contribution >= 4 is 51.9 Å². The minimum absolute atomic E-state index is 0.0163. The van der Waals surface area contributed by atoms with E-state index in [1.807, 2.05) is 113 Å². The van der Waals surface area contributed by atoms with E-state index in [1.165, 1.54) is 4.88 Å². The van der Waals surface area contributed by atoms with E-state index in [0.717, 1.165) is 88.0 Å². The molecule has 6 heterocycles. The van der Waals surface area contributed by atoms with Gasteiger partial charge in [0, 0.05) is 44.1 Å². The molecule has 360 valence electrons. The first-order valence-electron chi connectivity index (χ1n) is 23.4. The van der Waals surface area contributed by atoms with Gasteiger partial charge in [-0.25, -0.2) is 0 Å². The Labute approximate surface area is 416 Å². The van der Waals surface area contributed by atoms with E-state index in [0.29, 0.717) is 23.8 Å². The van der Waals surface area contributed by atoms with Gasteiger partial charge in [0.2, 0.25) is 0 Å². The molecule has 0 fully saturated rings. The topological polar surface area (TPSA) is 168 Å². The zero-order valence-corrected chi connectivity index (χ0v) is 43.3. The van der Waals surface area contributed by atoms with Crippen LogP contribution in [0, 0.1) is 41.5 Å². The summed E-state index contributed by atoms with van der Waals surface area (Å²) in [7, 11) is 0. The fourth-order valence-corrected chi connectivity index (χ4v) is 11.3. The number of amides is 1. The fourth-order valence-electron chi connectivity index (χ4n) is 8.83. The zero-order valence-electron chi connectivity index (χ0n) is 41.6. The molecule has 0 saturated carbocycles. The third kappa shape index (κ3) is 9.54. The molecular weight excluding hydrogens is 919 g/mol. The van der Waals surface area contributed by atoms with Crippen molar-refractivity contribution in [2.24, 2.45) is 9.98 Å². The van der Waals surface area contributed by atoms with E-state index in [-0.39, 0.29) is 30.7 Å². The molecule has 1 amide bonds. The van der Waals surface area contributed by atoms with Crippen molar-refractivity contribution < 1.29 is 23.9 Å². The molecule has 2 aliphatic heterocycles. The summed E-state index contributed by atoms with van der Waals surface area (Å²) in [5.74, 6) is 1.76. The SMILES string of the molecule is Cc1sc2c(c1C)C(c1ccc(CNC(=O)c3ccc(-c4ccc(C5=NC(CC(=O)OC(C)(C)C)c6nnc(C)n6-c6sc(C)c(C)c65)cc4)cc3)cc1)=NC(CC(=O)OC(C)(C)C)c1nnc(C)n1-2. The number of hydrogen-bond donors (Lipinski definition) is 1. The third-order valence-electron chi connectivity index (χ3n) is 12.4. The average molecular weight is 976 g/mol. The number of carbonyl (C=O) groups is 3. The Morgan fingerprint density at radius 2 is 0.943 bits per heavy atom. The minimum Gasteiger partial charge on any atom is -0.460 e. The van der Waals surface area contributed by atoms with Gasteiger partial charge in [0.05, 0.1) is 24.3 Å². The number of carbonyl (C=O) groups excluding carboxylic acids is 3. The summed E-state index contributed by atoms with van der Waals surface area (Å²) in [4.78, 5) is 52.7. The summed E-state index contributed by atoms with van der Waals surface area (Å²) in [5, 5.41) is 22.9. The molecule has 70 heavy (non-hydrogen) atoms. The summed E-state index contributed by atoms with van der Waals surface area (Å²) in [6, 6.07) is 22.6. The van der Waals surface area contributed by atoms with E-state index in [9.17, 15) is 14.4 Å². The second-order valence-corrected chi connectivity index (χ2v) is 22.3. The second-order valence-electron chi connectivity index (χ2n) is 19.9. The summed E-state index contributed by atoms with van der Waals surface area (Å²) in [6.07, 6.45) is 0.0394. The van der Waals surface area contributed by atoms with E-state index in [4.69, 9.17) is 19.5 Å². The fraction of sp³-hybridized carbons (Fsp3) is 0.352. The number of ether oxygens (including phenoxy) is 2. The Hall–Kier alpha value is -6.91. The first kappa shape index (κ1) is 48.1. The maximum Gasteiger partial charge on any atom is 0.308 e. The highest BCUT2D eigenvalue weighted by Crippen LogP contribution is 2.42. The first-order chi connectivity index (χ1) is 33.1. The molecule has 2 unspecified atom stereocenters. The Morgan fingerprint density at radius 3 is 1.36 bits per heavy atom. The molecule has 4 aromatic heterocycles. The van der Waals surface area contributed by atoms with Crippen LogP contribution in [-0.2, 0) is 25.6 Å². The van der Waals surface area contributed by atoms with Gasteiger partial charge in [-0.3, -0.25) is 33.5 Å². The zero-order chi connectivity index (χ0) is 50.0. The van der Waals surface area contributed by atoms with Gasteiger partial charge in [-0.2, -0.15) is 0 Å². The Balaban J connectivity index is 0.910. The van der Waals surface area contributed by atoms with Gasteiger partial charge in [0.25, 0.3) is 5.91 Å². The lowest BCUT2D eigenvalue weighted by atomic mass is 9.96. The van der Waals surface area contributed by atoms with E-state index in [2.05, 4.69) is 77.7 Å². The molecule has 16 heteroatoms. The minimum atomic E-state index is -0.640. The lowest BCUT2D eigenvalue weighted by Gasteiger charge is -2.21. The number of fused-ring (bicyclic) bond motifs is 6. The van der Waals surface area contributed by atoms with Crippen molar-refractivity contribution in [2.45, 2.75) is 126 Å². The van der Waals surface area contributed by atoms with Gasteiger partial charge < -0.3 is 14.8 Å². The molecule has 7 aromatic rings. The third-order valence-corrected chi connectivity index (χ3v) is 14.7. The highest BCUT2D eigenvalue weighted by Gasteiger charge is 2.35. The van der Waals surface area contributed by atoms with E-state index >= 15 is 0 Å². The van der Waals surface area contributed by atoms with Gasteiger partial charge in [0.15, 0.2) is 11.6 Å². The number of hydrogen-bond acceptors (Lipinski definition) is 13. The smallest absolute Gasteiger partial charge is 0.308 e. The number of nitrogens with one attached hydrogen (secondary N) is 1. The molecule has 2 atom stereocenters. The molecule has 14 nitrogen and oxygen atoms in total. The number of benzene rings is 3. The van der Waals surface area contributed by atoms with Gasteiger partial charge >= 0.3 is 11.9 Å². The van der Waals surface area contributed by atoms with E-state index < -0.39 is 23.3 Å². The van der Waals surface area contributed by atoms with Crippen LogP contribution in [0.25, 0.3) is 21.1 Å². The molecule has 0 radical (unpaired) electrons. The molecular formula is C54H57N9O5S2. The molecule has 3 aromatic carbocycles. The normalized spacial score (nSPS) is 15.4. The van der Waals surface area contributed by atoms with Crippen molar-refractivity contribution in [3.05, 3.63) is 150 Å². The number of aryl methyl sites for hydroxylation is 4. The molecule has 0 aliphatic carbocycles. The summed E-state index contributed by atoms with van der Waals surface area (Å²) >= 11 is 3.32. The van der Waals surface area contributed by atoms with Crippen LogP contribution in [0.3, 0.4) is 0 Å². The maximum atomic E-state index is 13.5. The molecule has 9 rings (SSSR count). The maximum absolute atomic E-state index is 13.5. The molecule has 1 N–H and O–H groups in total. The van der Waals surface area contributed by atoms with Crippen molar-refractivity contribution in [1.29, 1.82) is 0 Å². The van der Waals surface area contributed by atoms with Crippen LogP contribution in [0.1, 0.15) is 149 Å². The summed E-state index contributed by atoms with van der Waals surface area (Å²) < 4.78 is 15.5. The van der Waals surface area contributed by atoms with Crippen LogP contribution in [0.15, 0.2) is 82.8 Å². The standard InChI is InChI=1S/C54H57N9O5S2/c1-28-30(3)69-51-44(28)46(56-40(25-42(64)67-53(7,8)9)48-60-58-32(5)62(48)51)37-15-13-34(14-16-37)27-55-50(66)39-23-19-36(20-24-39)35-17-21-38(22-18-35)47-45-29(2)31(4)70-52(45)63-33(6)59-61-49(63)41(57-47)26-43(65)68-54(10,11)12/h13-24,40-41H,25-27H2,1-12H3,(H,55,66). The largest absolute Gasteiger partial charge is 0.460 e. The van der Waals surface area contributed by atoms with Crippen LogP contribution in [0.2, 0.25) is 0 Å². The molecule has 0 spiro atoms. The monoisotopic (exact) mass is 975 g/mol. The molecule has 0 bridgehead atoms. The van der Waals surface area contributed by atoms with Gasteiger partial charge in [0.1, 0.15) is 44.9 Å². The van der Waals surface area contributed by atoms with Crippen LogP contribution >= 0.6 is 22.7 Å². The Kier molecular flexibility index (Phi) is 12.7. The predicted molar refractivity (Wildman–Crippen MR) is 274 cm³/mol. The number of aromatic nitrogens is 6. The number of thiophene rings is 2. The molecule has 0 saturated heterocycles. The highest BCUT2D eigenvalue weighted by molar-refractivity contribution is 7.15. The van der Waals surface area contributed by atoms with Crippen LogP contribution in [-0.4, -0.2) is 70.0 Å². The second kappa shape index (κ2) is 18.4. The summed E-state index contributed by atoms with van der Waals surface area (Å²) in [5.41, 5.74) is 9.69. The Bertz CT molecular complexity index is 3250. The predicted octanol–water partition coefficient (Wildman–Crippen LogP) is 10.7. The van der Waals surface area contributed by atoms with Gasteiger partial charge in [-0.05, 0) is 123 Å². The summed E-state index contributed by atoms with van der Waals surface area (Å²) in [6.45, 7) is 23.7. The first-order valence-corrected chi connectivity index (χ1v) is 25.0. The quantitative estimate of drug-likeness (QED) is 0.131. The van der Waals surface area contributed by atoms with Crippen molar-refractivity contribution in [2.75, 3.05) is 0 Å². The average Bonchev–Trinajstić information content (AvgIpc) is 3.99. The number of rotatable bonds is 10. The van der Waals surface area contributed by atoms with Crippen LogP contribution in [0.5, 0.6) is 0 Å². The van der Waals surface area contributed by atoms with Gasteiger partial charge in [-0.1, -0.05) is 60.7 Å². The van der Waals surface area contributed by atoms with Crippen molar-refractivity contribution in [3.8, 4) is 21.1 Å². The number of esters is 2. The highest BCUT2D eigenvalue weighted by atomic mass is 32.1. The Morgan fingerprint density at radius 1 is 0.557 bits per heavy atom. The lowest BCUT2D eigenvalue weighted by molar-refractivity contribution is -0.156. The van der Waals surface area contributed by atoms with Crippen molar-refractivity contribution in [1.82, 2.24) is 34.8 Å².